The van der Waals surface area contributed by atoms with E-state index in [9.17, 15) is 0 Å². The molecule has 0 aliphatic rings. The maximum Gasteiger partial charge on any atom is 0.216 e. The van der Waals surface area contributed by atoms with Gasteiger partial charge >= 0.3 is 0 Å². The molecule has 4 rings (SSSR count). The molecule has 0 radical (unpaired) electrons. The van der Waals surface area contributed by atoms with Crippen LogP contribution in [0.5, 0.6) is 0 Å². The fraction of sp³-hybridized carbons (Fsp3) is 0. The first-order valence-electron chi connectivity index (χ1n) is 7.67. The van der Waals surface area contributed by atoms with Gasteiger partial charge in [0.1, 0.15) is 0 Å². The fourth-order valence-electron chi connectivity index (χ4n) is 2.63. The molecular weight excluding hydrogens is 396 g/mol. The Balaban J connectivity index is 1.74. The number of benzene rings is 3. The zero-order valence-electron chi connectivity index (χ0n) is 13.1. The molecule has 4 nitrogen and oxygen atoms in total. The second-order valence-corrected chi connectivity index (χ2v) is 6.83. The third-order valence-electron chi connectivity index (χ3n) is 3.83. The van der Waals surface area contributed by atoms with E-state index in [0.29, 0.717) is 10.6 Å². The smallest absolute Gasteiger partial charge is 0.216 e. The molecule has 0 spiro atoms. The normalized spacial score (nSPS) is 11.4. The lowest BCUT2D eigenvalue weighted by Gasteiger charge is -2.02. The third-order valence-corrected chi connectivity index (χ3v) is 4.59. The highest BCUT2D eigenvalue weighted by atomic mass is 79.9. The topological polar surface area (TPSA) is 46.0 Å². The molecule has 1 heterocycles. The summed E-state index contributed by atoms with van der Waals surface area (Å²) < 4.78 is 3.06. The maximum absolute atomic E-state index is 5.32. The largest absolute Gasteiger partial charge is 0.250 e. The minimum atomic E-state index is 0.451. The Morgan fingerprint density at radius 1 is 1.00 bits per heavy atom. The second-order valence-electron chi connectivity index (χ2n) is 5.53. The van der Waals surface area contributed by atoms with Gasteiger partial charge in [-0.1, -0.05) is 64.5 Å². The summed E-state index contributed by atoms with van der Waals surface area (Å²) in [5, 5.41) is 14.0. The molecule has 0 fully saturated rings. The highest BCUT2D eigenvalue weighted by molar-refractivity contribution is 9.10. The van der Waals surface area contributed by atoms with Crippen molar-refractivity contribution in [1.29, 1.82) is 0 Å². The lowest BCUT2D eigenvalue weighted by Crippen LogP contribution is -1.95. The van der Waals surface area contributed by atoms with Crippen LogP contribution in [0.15, 0.2) is 76.3 Å². The summed E-state index contributed by atoms with van der Waals surface area (Å²) in [4.78, 5) is 0. The van der Waals surface area contributed by atoms with E-state index in [1.165, 1.54) is 10.8 Å². The minimum absolute atomic E-state index is 0.451. The third kappa shape index (κ3) is 3.31. The summed E-state index contributed by atoms with van der Waals surface area (Å²) in [5.41, 5.74) is 1.93. The molecule has 0 atom stereocenters. The summed E-state index contributed by atoms with van der Waals surface area (Å²) in [6, 6.07) is 22.3. The molecule has 1 aromatic heterocycles. The number of halogens is 1. The predicted molar refractivity (Wildman–Crippen MR) is 107 cm³/mol. The number of hydrogen-bond acceptors (Lipinski definition) is 3. The zero-order chi connectivity index (χ0) is 17.2. The summed E-state index contributed by atoms with van der Waals surface area (Å²) in [6.07, 6.45) is 1.79. The molecule has 25 heavy (non-hydrogen) atoms. The van der Waals surface area contributed by atoms with Gasteiger partial charge in [-0.15, -0.1) is 0 Å². The zero-order valence-corrected chi connectivity index (χ0v) is 15.5. The number of H-pyrrole nitrogens is 1. The van der Waals surface area contributed by atoms with Crippen LogP contribution in [0.25, 0.3) is 22.2 Å². The first-order chi connectivity index (χ1) is 12.2. The Hall–Kier alpha value is -2.57. The van der Waals surface area contributed by atoms with Crippen molar-refractivity contribution in [3.8, 4) is 11.4 Å². The quantitative estimate of drug-likeness (QED) is 0.364. The number of aromatic nitrogens is 3. The average Bonchev–Trinajstić information content (AvgIpc) is 3.00. The van der Waals surface area contributed by atoms with Crippen LogP contribution in [0.4, 0.5) is 0 Å². The number of fused-ring (bicyclic) bond motifs is 1. The molecule has 6 heteroatoms. The number of nitrogens with zero attached hydrogens (tertiary/aromatic N) is 3. The lowest BCUT2D eigenvalue weighted by molar-refractivity contribution is 0.871. The van der Waals surface area contributed by atoms with Crippen LogP contribution in [-0.2, 0) is 0 Å². The van der Waals surface area contributed by atoms with Gasteiger partial charge in [-0.05, 0) is 46.8 Å². The van der Waals surface area contributed by atoms with Gasteiger partial charge in [0, 0.05) is 10.0 Å². The maximum atomic E-state index is 5.32. The molecule has 0 amide bonds. The van der Waals surface area contributed by atoms with Gasteiger partial charge in [-0.25, -0.2) is 5.10 Å². The van der Waals surface area contributed by atoms with E-state index >= 15 is 0 Å². The monoisotopic (exact) mass is 408 g/mol. The van der Waals surface area contributed by atoms with Crippen molar-refractivity contribution in [2.24, 2.45) is 5.10 Å². The van der Waals surface area contributed by atoms with Crippen molar-refractivity contribution in [2.75, 3.05) is 0 Å². The first-order valence-corrected chi connectivity index (χ1v) is 8.87. The number of aromatic amines is 1. The van der Waals surface area contributed by atoms with Crippen molar-refractivity contribution in [2.45, 2.75) is 0 Å². The van der Waals surface area contributed by atoms with Gasteiger partial charge in [-0.2, -0.15) is 14.9 Å². The van der Waals surface area contributed by atoms with Crippen LogP contribution in [0.3, 0.4) is 0 Å². The fourth-order valence-corrected chi connectivity index (χ4v) is 3.20. The van der Waals surface area contributed by atoms with Crippen molar-refractivity contribution in [1.82, 2.24) is 14.9 Å². The molecule has 3 aromatic carbocycles. The SMILES string of the molecule is S=c1[nH]nc(-c2cccc(Br)c2)n1/N=C\c1ccc2ccccc2c1. The Morgan fingerprint density at radius 3 is 2.68 bits per heavy atom. The van der Waals surface area contributed by atoms with E-state index in [2.05, 4.69) is 55.5 Å². The summed E-state index contributed by atoms with van der Waals surface area (Å²) in [7, 11) is 0. The molecule has 0 saturated carbocycles. The van der Waals surface area contributed by atoms with Crippen LogP contribution in [-0.4, -0.2) is 21.1 Å². The summed E-state index contributed by atoms with van der Waals surface area (Å²) in [5.74, 6) is 0.670. The van der Waals surface area contributed by atoms with Gasteiger partial charge in [0.2, 0.25) is 4.77 Å². The van der Waals surface area contributed by atoms with Crippen LogP contribution in [0.2, 0.25) is 0 Å². The van der Waals surface area contributed by atoms with Crippen LogP contribution < -0.4 is 0 Å². The van der Waals surface area contributed by atoms with Crippen molar-refractivity contribution < 1.29 is 0 Å². The molecule has 0 unspecified atom stereocenters. The number of nitrogens with one attached hydrogen (secondary N) is 1. The van der Waals surface area contributed by atoms with E-state index in [4.69, 9.17) is 12.2 Å². The van der Waals surface area contributed by atoms with Crippen LogP contribution in [0, 0.1) is 4.77 Å². The van der Waals surface area contributed by atoms with Gasteiger partial charge in [0.25, 0.3) is 0 Å². The molecule has 1 N–H and O–H groups in total. The molecule has 0 aliphatic carbocycles. The van der Waals surface area contributed by atoms with Gasteiger partial charge < -0.3 is 0 Å². The van der Waals surface area contributed by atoms with E-state index < -0.39 is 0 Å². The Kier molecular flexibility index (Phi) is 4.29. The summed E-state index contributed by atoms with van der Waals surface area (Å²) >= 11 is 8.80. The van der Waals surface area contributed by atoms with Crippen LogP contribution in [0.1, 0.15) is 5.56 Å². The van der Waals surface area contributed by atoms with E-state index in [1.807, 2.05) is 42.5 Å². The summed E-state index contributed by atoms with van der Waals surface area (Å²) in [6.45, 7) is 0. The highest BCUT2D eigenvalue weighted by Crippen LogP contribution is 2.21. The Labute approximate surface area is 158 Å². The molecule has 4 aromatic rings. The first kappa shape index (κ1) is 15.9. The molecule has 0 saturated heterocycles. The lowest BCUT2D eigenvalue weighted by atomic mass is 10.1. The van der Waals surface area contributed by atoms with Crippen molar-refractivity contribution in [3.05, 3.63) is 81.5 Å². The predicted octanol–water partition coefficient (Wildman–Crippen LogP) is 5.41. The van der Waals surface area contributed by atoms with E-state index in [1.54, 1.807) is 10.9 Å². The van der Waals surface area contributed by atoms with Crippen molar-refractivity contribution >= 4 is 45.1 Å². The second kappa shape index (κ2) is 6.74. The minimum Gasteiger partial charge on any atom is -0.250 e. The van der Waals surface area contributed by atoms with Gasteiger partial charge in [0.15, 0.2) is 5.82 Å². The standard InChI is InChI=1S/C19H13BrN4S/c20-17-7-3-6-16(11-17)18-22-23-19(25)24(18)21-12-13-8-9-14-4-1-2-5-15(14)10-13/h1-12H,(H,23,25)/b21-12-. The Morgan fingerprint density at radius 2 is 1.84 bits per heavy atom. The molecular formula is C19H13BrN4S. The average molecular weight is 409 g/mol. The van der Waals surface area contributed by atoms with Gasteiger partial charge in [-0.3, -0.25) is 0 Å². The van der Waals surface area contributed by atoms with Crippen molar-refractivity contribution in [3.63, 3.8) is 0 Å². The van der Waals surface area contributed by atoms with Crippen LogP contribution >= 0.6 is 28.1 Å². The van der Waals surface area contributed by atoms with Gasteiger partial charge in [0.05, 0.1) is 6.21 Å². The molecule has 122 valence electrons. The number of hydrogen-bond donors (Lipinski definition) is 1. The number of rotatable bonds is 3. The Bertz CT molecular complexity index is 1140. The highest BCUT2D eigenvalue weighted by Gasteiger charge is 2.08. The molecule has 0 bridgehead atoms. The van der Waals surface area contributed by atoms with E-state index in [-0.39, 0.29) is 0 Å². The molecule has 0 aliphatic heterocycles. The van der Waals surface area contributed by atoms with E-state index in [0.717, 1.165) is 15.6 Å².